The van der Waals surface area contributed by atoms with E-state index in [9.17, 15) is 0 Å². The standard InChI is InChI=1S/4C30H29N2O/c1-17(2)19-11-13-32(6)25(14-19)27-18(3)9-10-20-23-15-24-22(16-26(23)33-28(20)27)21-8-7-12-31-29(21)30(24,4)5;1-17(2)19-11-13-32(6)25(14-19)27-18(3)9-10-20-23-15-22-21-8-7-12-31-29(21)30(4,5)24(22)16-26(23)33-28(20)27;1-17(2)19-13-14-32(6)25(15-19)26-18(3)11-12-20-22-16-24-27(31-29(22)33-28(20)26)21-9-7-8-10-23(21)30(24,4)5;1-17(2)19-13-14-32(6)25(15-19)26-18(3)11-12-21-23-16-22-20-9-7-8-10-24(20)30(4,5)28(22)31-29(23)33-27(21)26/h4*7-17H,1-6H3/q4*+1/i4D3,17D;4D3,5D3,17D;4D3,17D;4D3,5D3,17D. The molecule has 8 aromatic carbocycles. The number of hydrogen-bond donors (Lipinski definition) is 0. The fraction of sp³-hybridized carbons (Fsp3) is 0.267. The van der Waals surface area contributed by atoms with Crippen molar-refractivity contribution in [2.45, 2.75) is 183 Å². The Bertz CT molecular complexity index is 8730. The van der Waals surface area contributed by atoms with Crippen LogP contribution in [0, 0.1) is 27.7 Å². The van der Waals surface area contributed by atoms with Gasteiger partial charge in [0.2, 0.25) is 34.2 Å². The fourth-order valence-corrected chi connectivity index (χ4v) is 20.4. The Labute approximate surface area is 804 Å². The third-order valence-electron chi connectivity index (χ3n) is 27.8. The molecule has 12 heteroatoms. The first kappa shape index (κ1) is 63.2. The van der Waals surface area contributed by atoms with Crippen LogP contribution in [-0.2, 0) is 49.9 Å². The van der Waals surface area contributed by atoms with Crippen LogP contribution in [0.5, 0.6) is 0 Å². The second-order valence-corrected chi connectivity index (χ2v) is 37.5. The van der Waals surface area contributed by atoms with E-state index in [1.54, 1.807) is 62.5 Å². The highest BCUT2D eigenvalue weighted by molar-refractivity contribution is 6.15. The topological polar surface area (TPSA) is 120 Å². The quantitative estimate of drug-likeness (QED) is 0.138. The smallest absolute Gasteiger partial charge is 0.227 e. The van der Waals surface area contributed by atoms with Crippen LogP contribution in [0.4, 0.5) is 0 Å². The predicted octanol–water partition coefficient (Wildman–Crippen LogP) is 28.8. The molecule has 4 aliphatic rings. The van der Waals surface area contributed by atoms with Gasteiger partial charge < -0.3 is 17.7 Å². The molecule has 0 fully saturated rings. The van der Waals surface area contributed by atoms with E-state index < -0.39 is 86.3 Å². The normalized spacial score (nSPS) is 19.1. The van der Waals surface area contributed by atoms with Gasteiger partial charge in [0.15, 0.2) is 36.0 Å². The van der Waals surface area contributed by atoms with Crippen LogP contribution >= 0.6 is 0 Å². The van der Waals surface area contributed by atoms with E-state index in [-0.39, 0.29) is 28.2 Å². The average molecular weight is 1760 g/mol. The fourth-order valence-electron chi connectivity index (χ4n) is 20.4. The summed E-state index contributed by atoms with van der Waals surface area (Å²) in [6.45, 7) is 10.5. The molecule has 0 spiro atoms. The zero-order chi connectivity index (χ0) is 111. The SMILES string of the molecule is [2H]C(C)(C)c1cc[n+](C)c(-c2c(C)ccc3c2oc2cc4c(cc23)-c2cccnc2C4(C([2H])([2H])[2H])C([2H])([2H])[2H])c1.[2H]C(C)(C)c1cc[n+](C)c(-c2c(C)ccc3c2oc2cc4c(cc23)C(C)(C([2H])([2H])[2H])c2ncccc2-4)c1.[2H]C(C)(C)c1cc[n+](C)c(-c2c(C)ccc3c2oc2nc4c(cc23)-c2ccccc2C4(C([2H])([2H])[2H])C([2H])([2H])[2H])c1.[2H]C(C)(C)c1cc[n+](C)c(-c2c(C)ccc3c2oc2nc4c(cc23)C(C)(C([2H])([2H])[2H])c2ccccc2-4)c1. The molecule has 0 saturated carbocycles. The molecule has 656 valence electrons. The average Bonchev–Trinajstić information content (AvgIpc) is 1.51. The number of hydrogen-bond acceptors (Lipinski definition) is 8. The largest absolute Gasteiger partial charge is 0.455 e. The molecular formula is C120H116N8O4+4. The predicted molar refractivity (Wildman–Crippen MR) is 538 cm³/mol. The summed E-state index contributed by atoms with van der Waals surface area (Å²) in [5, 5.41) is 6.58. The maximum Gasteiger partial charge on any atom is 0.227 e. The molecule has 132 heavy (non-hydrogen) atoms. The third-order valence-corrected chi connectivity index (χ3v) is 27.8. The lowest BCUT2D eigenvalue weighted by Crippen LogP contribution is -2.31. The van der Waals surface area contributed by atoms with Crippen LogP contribution in [0.25, 0.3) is 178 Å². The number of pyridine rings is 8. The molecule has 2 atom stereocenters. The van der Waals surface area contributed by atoms with Gasteiger partial charge in [-0.3, -0.25) is 9.97 Å². The Morgan fingerprint density at radius 3 is 1.10 bits per heavy atom. The second-order valence-electron chi connectivity index (χ2n) is 37.5. The van der Waals surface area contributed by atoms with Crippen molar-refractivity contribution in [1.82, 2.24) is 19.9 Å². The minimum absolute atomic E-state index is 0.0120. The molecule has 0 N–H and O–H groups in total. The minimum Gasteiger partial charge on any atom is -0.455 e. The van der Waals surface area contributed by atoms with Crippen LogP contribution in [0.1, 0.15) is 253 Å². The number of aromatic nitrogens is 8. The number of nitrogens with zero attached hydrogens (tertiary/aromatic N) is 8. The molecule has 12 heterocycles. The number of furan rings is 4. The van der Waals surface area contributed by atoms with Crippen molar-refractivity contribution in [1.29, 1.82) is 0 Å². The van der Waals surface area contributed by atoms with Crippen molar-refractivity contribution < 1.29 is 66.1 Å². The number of benzene rings is 8. The van der Waals surface area contributed by atoms with Gasteiger partial charge in [0.05, 0.1) is 45.0 Å². The van der Waals surface area contributed by atoms with Crippen LogP contribution in [0.3, 0.4) is 0 Å². The molecule has 20 aromatic rings. The minimum atomic E-state index is -2.90. The van der Waals surface area contributed by atoms with Gasteiger partial charge in [-0.2, -0.15) is 0 Å². The van der Waals surface area contributed by atoms with E-state index in [0.29, 0.717) is 78.2 Å². The van der Waals surface area contributed by atoms with Crippen LogP contribution < -0.4 is 18.3 Å². The Morgan fingerprint density at radius 1 is 0.295 bits per heavy atom. The van der Waals surface area contributed by atoms with E-state index in [4.69, 9.17) is 57.8 Å². The molecule has 24 rings (SSSR count). The molecule has 0 bridgehead atoms. The van der Waals surface area contributed by atoms with Crippen molar-refractivity contribution in [3.63, 3.8) is 0 Å². The second kappa shape index (κ2) is 30.9. The number of aryl methyl sites for hydroxylation is 8. The highest BCUT2D eigenvalue weighted by Crippen LogP contribution is 2.56. The zero-order valence-corrected chi connectivity index (χ0v) is 77.3. The van der Waals surface area contributed by atoms with Crippen molar-refractivity contribution in [3.05, 3.63) is 333 Å². The Hall–Kier alpha value is -13.8. The summed E-state index contributed by atoms with van der Waals surface area (Å²) >= 11 is 0. The first-order chi connectivity index (χ1) is 71.8. The van der Waals surface area contributed by atoms with Gasteiger partial charge in [0.25, 0.3) is 0 Å². The van der Waals surface area contributed by atoms with E-state index in [2.05, 4.69) is 58.7 Å². The maximum absolute atomic E-state index is 8.55. The molecular weight excluding hydrogens is 1620 g/mol. The molecule has 2 unspecified atom stereocenters. The molecule has 4 aliphatic carbocycles. The highest BCUT2D eigenvalue weighted by Gasteiger charge is 2.43. The Balaban J connectivity index is 0.000000119. The lowest BCUT2D eigenvalue weighted by molar-refractivity contribution is -0.660. The summed E-state index contributed by atoms with van der Waals surface area (Å²) in [6.07, 6.45) is 10.9. The summed E-state index contributed by atoms with van der Waals surface area (Å²) < 4.78 is 220. The first-order valence-corrected chi connectivity index (χ1v) is 44.7. The van der Waals surface area contributed by atoms with Gasteiger partial charge in [-0.25, -0.2) is 28.2 Å². The Kier molecular flexibility index (Phi) is 14.8. The van der Waals surface area contributed by atoms with E-state index >= 15 is 0 Å². The number of fused-ring (bicyclic) bond motifs is 24. The lowest BCUT2D eigenvalue weighted by atomic mass is 9.82. The lowest BCUT2D eigenvalue weighted by Gasteiger charge is -2.20. The van der Waals surface area contributed by atoms with E-state index in [0.717, 1.165) is 161 Å². The van der Waals surface area contributed by atoms with E-state index in [1.165, 1.54) is 6.20 Å². The van der Waals surface area contributed by atoms with Gasteiger partial charge in [-0.15, -0.1) is 0 Å². The van der Waals surface area contributed by atoms with Crippen molar-refractivity contribution in [3.8, 4) is 89.7 Å². The molecule has 0 saturated heterocycles. The van der Waals surface area contributed by atoms with Gasteiger partial charge in [0.1, 0.15) is 50.5 Å². The van der Waals surface area contributed by atoms with Crippen LogP contribution in [-0.4, -0.2) is 19.9 Å². The van der Waals surface area contributed by atoms with Crippen LogP contribution in [0.2, 0.25) is 0 Å². The van der Waals surface area contributed by atoms with Crippen molar-refractivity contribution in [2.75, 3.05) is 0 Å². The van der Waals surface area contributed by atoms with Gasteiger partial charge in [-0.05, 0) is 189 Å². The molecule has 0 amide bonds. The molecule has 0 radical (unpaired) electrons. The summed E-state index contributed by atoms with van der Waals surface area (Å²) in [4.78, 5) is 18.5. The first-order valence-electron chi connectivity index (χ1n) is 55.7. The molecule has 0 aliphatic heterocycles. The maximum atomic E-state index is 8.55. The zero-order valence-electron chi connectivity index (χ0n) is 99.3. The number of rotatable bonds is 8. The summed E-state index contributed by atoms with van der Waals surface area (Å²) in [5.74, 6) is -3.08. The molecule has 12 nitrogen and oxygen atoms in total. The summed E-state index contributed by atoms with van der Waals surface area (Å²) in [7, 11) is 7.86. The third kappa shape index (κ3) is 13.2. The van der Waals surface area contributed by atoms with Crippen molar-refractivity contribution >= 4 is 88.0 Å². The van der Waals surface area contributed by atoms with Gasteiger partial charge >= 0.3 is 0 Å². The van der Waals surface area contributed by atoms with E-state index in [1.807, 2.05) is 269 Å². The van der Waals surface area contributed by atoms with Crippen molar-refractivity contribution in [2.24, 2.45) is 28.2 Å². The monoisotopic (exact) mass is 1760 g/mol. The Morgan fingerprint density at radius 2 is 0.644 bits per heavy atom. The molecule has 12 aromatic heterocycles. The van der Waals surface area contributed by atoms with Crippen LogP contribution in [0.15, 0.2) is 261 Å². The summed E-state index contributed by atoms with van der Waals surface area (Å²) in [5.41, 5.74) is 20.9. The highest BCUT2D eigenvalue weighted by atomic mass is 16.3. The summed E-state index contributed by atoms with van der Waals surface area (Å²) in [6, 6.07) is 64.9. The van der Waals surface area contributed by atoms with Gasteiger partial charge in [0, 0.05) is 178 Å². The van der Waals surface area contributed by atoms with Gasteiger partial charge in [-0.1, -0.05) is 220 Å².